The van der Waals surface area contributed by atoms with Crippen LogP contribution in [0.3, 0.4) is 0 Å². The molecule has 1 amide bonds. The molecule has 0 saturated carbocycles. The highest BCUT2D eigenvalue weighted by Crippen LogP contribution is 2.32. The van der Waals surface area contributed by atoms with E-state index >= 15 is 0 Å². The average Bonchev–Trinajstić information content (AvgIpc) is 2.95. The van der Waals surface area contributed by atoms with E-state index in [0.29, 0.717) is 11.1 Å². The largest absolute Gasteiger partial charge is 0.420 e. The SMILES string of the molecule is CC(C(=O)N(C)Cc1ccccc1C(F)(F)F)n1c(=O)oc2ccccc21. The van der Waals surface area contributed by atoms with E-state index < -0.39 is 29.4 Å². The number of rotatable bonds is 4. The van der Waals surface area contributed by atoms with Gasteiger partial charge in [-0.3, -0.25) is 9.36 Å². The second kappa shape index (κ2) is 6.94. The third-order valence-electron chi connectivity index (χ3n) is 4.37. The van der Waals surface area contributed by atoms with Gasteiger partial charge in [-0.15, -0.1) is 0 Å². The second-order valence-electron chi connectivity index (χ2n) is 6.23. The minimum atomic E-state index is -4.51. The van der Waals surface area contributed by atoms with Crippen LogP contribution in [0.25, 0.3) is 11.1 Å². The number of likely N-dealkylation sites (N-methyl/N-ethyl adjacent to an activating group) is 1. The molecule has 0 radical (unpaired) electrons. The van der Waals surface area contributed by atoms with Crippen molar-refractivity contribution in [2.45, 2.75) is 25.7 Å². The molecule has 0 fully saturated rings. The Morgan fingerprint density at radius 1 is 1.15 bits per heavy atom. The van der Waals surface area contributed by atoms with Crippen molar-refractivity contribution in [2.75, 3.05) is 7.05 Å². The van der Waals surface area contributed by atoms with Crippen LogP contribution in [0.1, 0.15) is 24.1 Å². The van der Waals surface area contributed by atoms with Crippen molar-refractivity contribution in [3.8, 4) is 0 Å². The summed E-state index contributed by atoms with van der Waals surface area (Å²) in [6.45, 7) is 1.28. The Kier molecular flexibility index (Phi) is 4.82. The number of hydrogen-bond donors (Lipinski definition) is 0. The zero-order chi connectivity index (χ0) is 19.8. The number of alkyl halides is 3. The number of aromatic nitrogens is 1. The van der Waals surface area contributed by atoms with Gasteiger partial charge < -0.3 is 9.32 Å². The monoisotopic (exact) mass is 378 g/mol. The van der Waals surface area contributed by atoms with Crippen LogP contribution in [0.5, 0.6) is 0 Å². The van der Waals surface area contributed by atoms with Gasteiger partial charge in [0.15, 0.2) is 5.58 Å². The van der Waals surface area contributed by atoms with Gasteiger partial charge in [0.2, 0.25) is 5.91 Å². The Morgan fingerprint density at radius 2 is 1.78 bits per heavy atom. The number of hydrogen-bond acceptors (Lipinski definition) is 3. The Morgan fingerprint density at radius 3 is 2.48 bits per heavy atom. The van der Waals surface area contributed by atoms with Crippen LogP contribution in [0.2, 0.25) is 0 Å². The van der Waals surface area contributed by atoms with E-state index in [4.69, 9.17) is 4.42 Å². The molecule has 3 rings (SSSR count). The molecule has 1 unspecified atom stereocenters. The maximum absolute atomic E-state index is 13.1. The van der Waals surface area contributed by atoms with Crippen LogP contribution >= 0.6 is 0 Å². The summed E-state index contributed by atoms with van der Waals surface area (Å²) in [5.41, 5.74) is -0.0136. The average molecular weight is 378 g/mol. The van der Waals surface area contributed by atoms with Gasteiger partial charge >= 0.3 is 11.9 Å². The molecule has 1 heterocycles. The second-order valence-corrected chi connectivity index (χ2v) is 6.23. The molecule has 0 saturated heterocycles. The van der Waals surface area contributed by atoms with Gasteiger partial charge in [0.1, 0.15) is 6.04 Å². The molecular weight excluding hydrogens is 361 g/mol. The molecule has 142 valence electrons. The lowest BCUT2D eigenvalue weighted by molar-refractivity contribution is -0.140. The van der Waals surface area contributed by atoms with Gasteiger partial charge in [0.25, 0.3) is 0 Å². The van der Waals surface area contributed by atoms with Gasteiger partial charge in [0.05, 0.1) is 11.1 Å². The van der Waals surface area contributed by atoms with Crippen LogP contribution in [-0.4, -0.2) is 22.4 Å². The molecular formula is C19H17F3N2O3. The Labute approximate surface area is 152 Å². The normalized spacial score (nSPS) is 12.9. The molecule has 0 aliphatic carbocycles. The molecule has 1 atom stereocenters. The van der Waals surface area contributed by atoms with Crippen molar-refractivity contribution in [3.63, 3.8) is 0 Å². The van der Waals surface area contributed by atoms with E-state index in [1.807, 2.05) is 0 Å². The number of amides is 1. The maximum atomic E-state index is 13.1. The standard InChI is InChI=1S/C19H17F3N2O3/c1-12(24-15-9-5-6-10-16(15)27-18(24)26)17(25)23(2)11-13-7-3-4-8-14(13)19(20,21)22/h3-10,12H,11H2,1-2H3. The summed E-state index contributed by atoms with van der Waals surface area (Å²) in [5.74, 6) is -1.19. The fraction of sp³-hybridized carbons (Fsp3) is 0.263. The minimum Gasteiger partial charge on any atom is -0.408 e. The van der Waals surface area contributed by atoms with E-state index in [2.05, 4.69) is 0 Å². The molecule has 5 nitrogen and oxygen atoms in total. The van der Waals surface area contributed by atoms with Crippen molar-refractivity contribution in [3.05, 3.63) is 70.2 Å². The van der Waals surface area contributed by atoms with Crippen LogP contribution in [0.4, 0.5) is 13.2 Å². The first kappa shape index (κ1) is 18.8. The topological polar surface area (TPSA) is 55.5 Å². The molecule has 0 spiro atoms. The number of halogens is 3. The predicted molar refractivity (Wildman–Crippen MR) is 93.1 cm³/mol. The van der Waals surface area contributed by atoms with Gasteiger partial charge in [-0.2, -0.15) is 13.2 Å². The molecule has 8 heteroatoms. The molecule has 1 aromatic heterocycles. The first-order valence-corrected chi connectivity index (χ1v) is 8.20. The van der Waals surface area contributed by atoms with E-state index in [1.165, 1.54) is 41.6 Å². The summed E-state index contributed by atoms with van der Waals surface area (Å²) in [6, 6.07) is 10.8. The summed E-state index contributed by atoms with van der Waals surface area (Å²) in [7, 11) is 1.40. The Hall–Kier alpha value is -3.03. The fourth-order valence-electron chi connectivity index (χ4n) is 3.05. The Balaban J connectivity index is 1.88. The van der Waals surface area contributed by atoms with Gasteiger partial charge in [-0.1, -0.05) is 30.3 Å². The zero-order valence-electron chi connectivity index (χ0n) is 14.7. The van der Waals surface area contributed by atoms with Crippen molar-refractivity contribution in [2.24, 2.45) is 0 Å². The van der Waals surface area contributed by atoms with Crippen molar-refractivity contribution in [1.82, 2.24) is 9.47 Å². The molecule has 0 N–H and O–H groups in total. The van der Waals surface area contributed by atoms with Crippen LogP contribution in [0, 0.1) is 0 Å². The smallest absolute Gasteiger partial charge is 0.408 e. The van der Waals surface area contributed by atoms with Gasteiger partial charge in [-0.05, 0) is 30.7 Å². The molecule has 3 aromatic rings. The lowest BCUT2D eigenvalue weighted by Gasteiger charge is -2.23. The lowest BCUT2D eigenvalue weighted by atomic mass is 10.1. The number of para-hydroxylation sites is 2. The number of nitrogens with zero attached hydrogens (tertiary/aromatic N) is 2. The summed E-state index contributed by atoms with van der Waals surface area (Å²) < 4.78 is 45.8. The summed E-state index contributed by atoms with van der Waals surface area (Å²) in [5, 5.41) is 0. The molecule has 0 aliphatic heterocycles. The number of carbonyl (C=O) groups excluding carboxylic acids is 1. The fourth-order valence-corrected chi connectivity index (χ4v) is 3.05. The first-order valence-electron chi connectivity index (χ1n) is 8.20. The van der Waals surface area contributed by atoms with Crippen LogP contribution in [0.15, 0.2) is 57.7 Å². The van der Waals surface area contributed by atoms with Gasteiger partial charge in [0, 0.05) is 13.6 Å². The minimum absolute atomic E-state index is 0.0163. The van der Waals surface area contributed by atoms with E-state index in [0.717, 1.165) is 6.07 Å². The van der Waals surface area contributed by atoms with Crippen LogP contribution in [-0.2, 0) is 17.5 Å². The quantitative estimate of drug-likeness (QED) is 0.693. The molecule has 0 aliphatic rings. The van der Waals surface area contributed by atoms with E-state index in [9.17, 15) is 22.8 Å². The van der Waals surface area contributed by atoms with Crippen LogP contribution < -0.4 is 5.76 Å². The van der Waals surface area contributed by atoms with E-state index in [1.54, 1.807) is 24.3 Å². The van der Waals surface area contributed by atoms with Crippen molar-refractivity contribution < 1.29 is 22.4 Å². The first-order chi connectivity index (χ1) is 12.7. The summed E-state index contributed by atoms with van der Waals surface area (Å²) in [4.78, 5) is 26.0. The molecule has 0 bridgehead atoms. The molecule has 27 heavy (non-hydrogen) atoms. The summed E-state index contributed by atoms with van der Waals surface area (Å²) in [6.07, 6.45) is -4.51. The third kappa shape index (κ3) is 3.60. The van der Waals surface area contributed by atoms with Crippen molar-refractivity contribution in [1.29, 1.82) is 0 Å². The highest BCUT2D eigenvalue weighted by Gasteiger charge is 2.33. The number of carbonyl (C=O) groups is 1. The lowest BCUT2D eigenvalue weighted by Crippen LogP contribution is -2.36. The Bertz CT molecular complexity index is 1040. The highest BCUT2D eigenvalue weighted by molar-refractivity contribution is 5.82. The number of oxazole rings is 1. The number of fused-ring (bicyclic) bond motifs is 1. The van der Waals surface area contributed by atoms with Crippen molar-refractivity contribution >= 4 is 17.0 Å². The van der Waals surface area contributed by atoms with E-state index in [-0.39, 0.29) is 12.1 Å². The third-order valence-corrected chi connectivity index (χ3v) is 4.37. The molecule has 2 aromatic carbocycles. The summed E-state index contributed by atoms with van der Waals surface area (Å²) >= 11 is 0. The van der Waals surface area contributed by atoms with Gasteiger partial charge in [-0.25, -0.2) is 4.79 Å². The highest BCUT2D eigenvalue weighted by atomic mass is 19.4. The number of benzene rings is 2. The predicted octanol–water partition coefficient (Wildman–Crippen LogP) is 3.83. The zero-order valence-corrected chi connectivity index (χ0v) is 14.7. The maximum Gasteiger partial charge on any atom is 0.420 e.